The van der Waals surface area contributed by atoms with Gasteiger partial charge in [0.2, 0.25) is 0 Å². The van der Waals surface area contributed by atoms with Crippen LogP contribution in [0.2, 0.25) is 0 Å². The van der Waals surface area contributed by atoms with Gasteiger partial charge < -0.3 is 24.6 Å². The Kier molecular flexibility index (Phi) is 4.39. The molecule has 2 aliphatic rings. The van der Waals surface area contributed by atoms with E-state index in [1.54, 1.807) is 0 Å². The maximum atomic E-state index is 12.1. The Bertz CT molecular complexity index is 786. The summed E-state index contributed by atoms with van der Waals surface area (Å²) in [6.07, 6.45) is 1.66. The van der Waals surface area contributed by atoms with E-state index in [1.807, 2.05) is 24.3 Å². The number of carbonyl (C=O) groups is 1. The molecule has 2 N–H and O–H groups in total. The highest BCUT2D eigenvalue weighted by Crippen LogP contribution is 2.29. The number of amides is 1. The second kappa shape index (κ2) is 6.69. The van der Waals surface area contributed by atoms with Crippen LogP contribution in [0.5, 0.6) is 5.75 Å². The van der Waals surface area contributed by atoms with Crippen LogP contribution >= 0.6 is 0 Å². The van der Waals surface area contributed by atoms with Crippen LogP contribution < -0.4 is 10.1 Å². The molecule has 0 radical (unpaired) electrons. The second-order valence-corrected chi connectivity index (χ2v) is 7.12. The van der Waals surface area contributed by atoms with E-state index < -0.39 is 0 Å². The van der Waals surface area contributed by atoms with Crippen molar-refractivity contribution >= 4 is 16.8 Å². The third kappa shape index (κ3) is 3.24. The van der Waals surface area contributed by atoms with E-state index in [0.29, 0.717) is 13.2 Å². The molecule has 134 valence electrons. The number of likely N-dealkylation sites (tertiary alicyclic amines) is 1. The zero-order chi connectivity index (χ0) is 17.4. The lowest BCUT2D eigenvalue weighted by molar-refractivity contribution is 0.0919. The molecule has 0 spiro atoms. The highest BCUT2D eigenvalue weighted by molar-refractivity contribution is 6.00. The van der Waals surface area contributed by atoms with Crippen LogP contribution in [-0.4, -0.2) is 59.4 Å². The first-order valence-corrected chi connectivity index (χ1v) is 9.08. The summed E-state index contributed by atoms with van der Waals surface area (Å²) in [7, 11) is 0. The average Bonchev–Trinajstić information content (AvgIpc) is 3.19. The standard InChI is InChI=1S/C19H25N3O3/c1-13-11-20-19(24)18-10-14-9-16(3-4-17(14)22(13)18)25-8-2-6-21-7-5-15(23)12-21/h3-4,9-10,13,15,23H,2,5-8,11-12H2,1H3,(H,20,24)/t13-,15-/m1/s1. The maximum Gasteiger partial charge on any atom is 0.268 e. The summed E-state index contributed by atoms with van der Waals surface area (Å²) in [5.74, 6) is 0.828. The Morgan fingerprint density at radius 3 is 3.04 bits per heavy atom. The minimum absolute atomic E-state index is 0.00966. The van der Waals surface area contributed by atoms with E-state index in [2.05, 4.69) is 21.7 Å². The van der Waals surface area contributed by atoms with Crippen LogP contribution in [0.25, 0.3) is 10.9 Å². The quantitative estimate of drug-likeness (QED) is 0.812. The lowest BCUT2D eigenvalue weighted by Crippen LogP contribution is -2.37. The van der Waals surface area contributed by atoms with Crippen LogP contribution in [0.4, 0.5) is 0 Å². The maximum absolute atomic E-state index is 12.1. The number of ether oxygens (including phenoxy) is 1. The van der Waals surface area contributed by atoms with Gasteiger partial charge in [0.05, 0.1) is 12.7 Å². The molecule has 3 heterocycles. The van der Waals surface area contributed by atoms with Gasteiger partial charge in [-0.2, -0.15) is 0 Å². The Morgan fingerprint density at radius 1 is 1.36 bits per heavy atom. The molecule has 2 atom stereocenters. The number of rotatable bonds is 5. The van der Waals surface area contributed by atoms with Crippen LogP contribution in [0.15, 0.2) is 24.3 Å². The van der Waals surface area contributed by atoms with Gasteiger partial charge in [0.1, 0.15) is 11.4 Å². The number of nitrogens with zero attached hydrogens (tertiary/aromatic N) is 2. The molecule has 6 nitrogen and oxygen atoms in total. The number of benzene rings is 1. The van der Waals surface area contributed by atoms with Crippen molar-refractivity contribution in [1.29, 1.82) is 0 Å². The summed E-state index contributed by atoms with van der Waals surface area (Å²) in [6.45, 7) is 6.15. The lowest BCUT2D eigenvalue weighted by atomic mass is 10.2. The van der Waals surface area contributed by atoms with Crippen molar-refractivity contribution in [3.63, 3.8) is 0 Å². The van der Waals surface area contributed by atoms with E-state index >= 15 is 0 Å². The number of β-amino-alcohol motifs (C(OH)–C–C–N with tert-alkyl or cyclic N) is 1. The van der Waals surface area contributed by atoms with E-state index in [1.165, 1.54) is 0 Å². The first-order chi connectivity index (χ1) is 12.1. The van der Waals surface area contributed by atoms with Gasteiger partial charge in [-0.05, 0) is 44.0 Å². The van der Waals surface area contributed by atoms with Crippen LogP contribution in [-0.2, 0) is 0 Å². The molecule has 1 aromatic heterocycles. The SMILES string of the molecule is C[C@@H]1CNC(=O)c2cc3cc(OCCCN4CC[C@@H](O)C4)ccc3n21. The Morgan fingerprint density at radius 2 is 2.24 bits per heavy atom. The first-order valence-electron chi connectivity index (χ1n) is 9.08. The van der Waals surface area contributed by atoms with Crippen LogP contribution in [0.1, 0.15) is 36.3 Å². The number of fused-ring (bicyclic) bond motifs is 3. The Labute approximate surface area is 147 Å². The smallest absolute Gasteiger partial charge is 0.268 e. The Hall–Kier alpha value is -2.05. The molecular formula is C19H25N3O3. The molecule has 4 rings (SSSR count). The summed E-state index contributed by atoms with van der Waals surface area (Å²) in [5.41, 5.74) is 1.80. The molecule has 0 aliphatic carbocycles. The van der Waals surface area contributed by atoms with E-state index in [-0.39, 0.29) is 18.1 Å². The van der Waals surface area contributed by atoms with Crippen LogP contribution in [0.3, 0.4) is 0 Å². The average molecular weight is 343 g/mol. The molecule has 1 saturated heterocycles. The molecule has 0 bridgehead atoms. The first kappa shape index (κ1) is 16.4. The fourth-order valence-electron chi connectivity index (χ4n) is 3.87. The predicted octanol–water partition coefficient (Wildman–Crippen LogP) is 1.78. The third-order valence-electron chi connectivity index (χ3n) is 5.18. The molecule has 2 aromatic rings. The summed E-state index contributed by atoms with van der Waals surface area (Å²) >= 11 is 0. The molecule has 1 fully saturated rings. The third-order valence-corrected chi connectivity index (χ3v) is 5.18. The van der Waals surface area contributed by atoms with Crippen molar-refractivity contribution in [1.82, 2.24) is 14.8 Å². The van der Waals surface area contributed by atoms with Crippen LogP contribution in [0, 0.1) is 0 Å². The number of hydrogen-bond donors (Lipinski definition) is 2. The summed E-state index contributed by atoms with van der Waals surface area (Å²) in [5, 5.41) is 13.5. The number of aliphatic hydroxyl groups excluding tert-OH is 1. The predicted molar refractivity (Wildman–Crippen MR) is 96.2 cm³/mol. The van der Waals surface area contributed by atoms with Crippen molar-refractivity contribution in [2.45, 2.75) is 31.9 Å². The molecule has 1 amide bonds. The normalized spacial score (nSPS) is 23.7. The zero-order valence-electron chi connectivity index (χ0n) is 14.6. The van der Waals surface area contributed by atoms with Crippen molar-refractivity contribution in [2.24, 2.45) is 0 Å². The molecular weight excluding hydrogens is 318 g/mol. The number of nitrogens with one attached hydrogen (secondary N) is 1. The lowest BCUT2D eigenvalue weighted by Gasteiger charge is -2.24. The Balaban J connectivity index is 1.41. The molecule has 6 heteroatoms. The van der Waals surface area contributed by atoms with Crippen molar-refractivity contribution < 1.29 is 14.6 Å². The summed E-state index contributed by atoms with van der Waals surface area (Å²) < 4.78 is 8.00. The largest absolute Gasteiger partial charge is 0.494 e. The molecule has 0 saturated carbocycles. The van der Waals surface area contributed by atoms with E-state index in [9.17, 15) is 9.90 Å². The molecule has 25 heavy (non-hydrogen) atoms. The number of aliphatic hydroxyl groups is 1. The zero-order valence-corrected chi connectivity index (χ0v) is 14.6. The van der Waals surface area contributed by atoms with E-state index in [0.717, 1.165) is 54.8 Å². The van der Waals surface area contributed by atoms with Gasteiger partial charge in [-0.15, -0.1) is 0 Å². The topological polar surface area (TPSA) is 66.7 Å². The molecule has 0 unspecified atom stereocenters. The molecule has 2 aliphatic heterocycles. The summed E-state index contributed by atoms with van der Waals surface area (Å²) in [4.78, 5) is 14.3. The number of hydrogen-bond acceptors (Lipinski definition) is 4. The van der Waals surface area contributed by atoms with E-state index in [4.69, 9.17) is 4.74 Å². The molecule has 1 aromatic carbocycles. The fraction of sp³-hybridized carbons (Fsp3) is 0.526. The van der Waals surface area contributed by atoms with Crippen molar-refractivity contribution in [3.05, 3.63) is 30.0 Å². The minimum atomic E-state index is -0.163. The van der Waals surface area contributed by atoms with Gasteiger partial charge >= 0.3 is 0 Å². The highest BCUT2D eigenvalue weighted by atomic mass is 16.5. The highest BCUT2D eigenvalue weighted by Gasteiger charge is 2.24. The van der Waals surface area contributed by atoms with Gasteiger partial charge in [0.25, 0.3) is 5.91 Å². The van der Waals surface area contributed by atoms with Gasteiger partial charge in [-0.3, -0.25) is 4.79 Å². The van der Waals surface area contributed by atoms with Crippen molar-refractivity contribution in [2.75, 3.05) is 32.8 Å². The summed E-state index contributed by atoms with van der Waals surface area (Å²) in [6, 6.07) is 8.24. The van der Waals surface area contributed by atoms with Gasteiger partial charge in [-0.1, -0.05) is 0 Å². The fourth-order valence-corrected chi connectivity index (χ4v) is 3.87. The number of carbonyl (C=O) groups excluding carboxylic acids is 1. The monoisotopic (exact) mass is 343 g/mol. The van der Waals surface area contributed by atoms with Gasteiger partial charge in [-0.25, -0.2) is 0 Å². The minimum Gasteiger partial charge on any atom is -0.494 e. The van der Waals surface area contributed by atoms with Crippen molar-refractivity contribution in [3.8, 4) is 5.75 Å². The van der Waals surface area contributed by atoms with Gasteiger partial charge in [0.15, 0.2) is 0 Å². The van der Waals surface area contributed by atoms with Gasteiger partial charge in [0, 0.05) is 43.1 Å². The second-order valence-electron chi connectivity index (χ2n) is 7.12. The number of aromatic nitrogens is 1.